The van der Waals surface area contributed by atoms with E-state index < -0.39 is 6.03 Å². The number of benzene rings is 2. The second-order valence-corrected chi connectivity index (χ2v) is 7.88. The number of nitrogens with two attached hydrogens (primary N) is 1. The van der Waals surface area contributed by atoms with Crippen LogP contribution < -0.4 is 21.8 Å². The highest BCUT2D eigenvalue weighted by atomic mass is 35.5. The van der Waals surface area contributed by atoms with Crippen LogP contribution in [0.25, 0.3) is 5.57 Å². The van der Waals surface area contributed by atoms with Crippen molar-refractivity contribution in [2.24, 2.45) is 0 Å². The van der Waals surface area contributed by atoms with Crippen LogP contribution in [0.15, 0.2) is 60.9 Å². The minimum absolute atomic E-state index is 0.194. The lowest BCUT2D eigenvalue weighted by atomic mass is 9.98. The summed E-state index contributed by atoms with van der Waals surface area (Å²) in [5, 5.41) is 8.36. The van der Waals surface area contributed by atoms with Crippen molar-refractivity contribution < 1.29 is 4.79 Å². The van der Waals surface area contributed by atoms with Gasteiger partial charge in [-0.3, -0.25) is 0 Å². The maximum Gasteiger partial charge on any atom is 0.323 e. The molecule has 2 aromatic carbocycles. The zero-order valence-electron chi connectivity index (χ0n) is 17.1. The fourth-order valence-electron chi connectivity index (χ4n) is 3.36. The number of hydrogen-bond acceptors (Lipinski definition) is 6. The van der Waals surface area contributed by atoms with Crippen LogP contribution >= 0.6 is 23.2 Å². The van der Waals surface area contributed by atoms with Crippen molar-refractivity contribution in [1.29, 1.82) is 0 Å². The second-order valence-electron chi connectivity index (χ2n) is 7.06. The largest absolute Gasteiger partial charge is 0.368 e. The van der Waals surface area contributed by atoms with E-state index in [1.807, 2.05) is 48.5 Å². The monoisotopic (exact) mass is 469 g/mol. The third-order valence-electron chi connectivity index (χ3n) is 4.86. The smallest absolute Gasteiger partial charge is 0.323 e. The average Bonchev–Trinajstić information content (AvgIpc) is 3.21. The molecule has 2 amide bonds. The lowest BCUT2D eigenvalue weighted by Gasteiger charge is -2.19. The molecule has 0 bridgehead atoms. The lowest BCUT2D eigenvalue weighted by Crippen LogP contribution is -2.31. The molecule has 10 heteroatoms. The maximum absolute atomic E-state index is 12.5. The first kappa shape index (κ1) is 21.9. The first-order valence-corrected chi connectivity index (χ1v) is 10.6. The number of hydrazine groups is 1. The van der Waals surface area contributed by atoms with E-state index in [1.54, 1.807) is 24.4 Å². The van der Waals surface area contributed by atoms with Gasteiger partial charge >= 0.3 is 6.03 Å². The molecular formula is C22H21Cl2N7O. The van der Waals surface area contributed by atoms with E-state index in [0.29, 0.717) is 21.4 Å². The molecule has 1 aliphatic heterocycles. The molecule has 8 nitrogen and oxygen atoms in total. The first-order chi connectivity index (χ1) is 15.4. The first-order valence-electron chi connectivity index (χ1n) is 9.89. The Morgan fingerprint density at radius 2 is 1.91 bits per heavy atom. The van der Waals surface area contributed by atoms with E-state index >= 15 is 0 Å². The lowest BCUT2D eigenvalue weighted by molar-refractivity contribution is 0.262. The predicted octanol–water partition coefficient (Wildman–Crippen LogP) is 4.93. The Kier molecular flexibility index (Phi) is 6.45. The number of anilines is 3. The van der Waals surface area contributed by atoms with Gasteiger partial charge in [-0.2, -0.15) is 0 Å². The zero-order chi connectivity index (χ0) is 22.7. The van der Waals surface area contributed by atoms with Crippen molar-refractivity contribution in [2.75, 3.05) is 22.9 Å². The van der Waals surface area contributed by atoms with Crippen LogP contribution in [0.3, 0.4) is 0 Å². The van der Waals surface area contributed by atoms with Crippen LogP contribution in [0.2, 0.25) is 10.0 Å². The summed E-state index contributed by atoms with van der Waals surface area (Å²) in [5.74, 6) is 0.216. The van der Waals surface area contributed by atoms with E-state index in [2.05, 4.69) is 26.0 Å². The summed E-state index contributed by atoms with van der Waals surface area (Å²) in [6, 6.07) is 13.7. The fourth-order valence-corrected chi connectivity index (χ4v) is 3.66. The number of urea groups is 1. The highest BCUT2D eigenvalue weighted by Gasteiger charge is 2.27. The normalized spacial score (nSPS) is 15.4. The van der Waals surface area contributed by atoms with Gasteiger partial charge in [-0.25, -0.2) is 20.2 Å². The van der Waals surface area contributed by atoms with E-state index in [0.717, 1.165) is 23.4 Å². The van der Waals surface area contributed by atoms with Gasteiger partial charge in [0.1, 0.15) is 0 Å². The van der Waals surface area contributed by atoms with Crippen LogP contribution in [0.1, 0.15) is 24.2 Å². The molecule has 1 aliphatic rings. The minimum atomic E-state index is -0.394. The Labute approximate surface area is 195 Å². The molecule has 0 fully saturated rings. The standard InChI is InChI=1S/C22H21Cl2N7O/c1-2-31-12-16(20(30-31)19-8-9-26-21(25)29-19)13-4-3-5-14(10-13)27-22(32)28-15-6-7-17(23)18(24)11-15/h3-12,20,30H,2H2,1H3,(H2,25,26,29)(H2,27,28,32). The highest BCUT2D eigenvalue weighted by molar-refractivity contribution is 6.42. The summed E-state index contributed by atoms with van der Waals surface area (Å²) < 4.78 is 0. The number of aromatic nitrogens is 2. The summed E-state index contributed by atoms with van der Waals surface area (Å²) >= 11 is 11.9. The molecule has 5 N–H and O–H groups in total. The Balaban J connectivity index is 1.54. The fraction of sp³-hybridized carbons (Fsp3) is 0.136. The summed E-state index contributed by atoms with van der Waals surface area (Å²) in [4.78, 5) is 20.8. The van der Waals surface area contributed by atoms with Gasteiger partial charge in [0.2, 0.25) is 5.95 Å². The maximum atomic E-state index is 12.5. The highest BCUT2D eigenvalue weighted by Crippen LogP contribution is 2.35. The van der Waals surface area contributed by atoms with E-state index in [4.69, 9.17) is 28.9 Å². The molecule has 1 aromatic heterocycles. The summed E-state index contributed by atoms with van der Waals surface area (Å²) in [6.07, 6.45) is 3.66. The van der Waals surface area contributed by atoms with E-state index in [1.165, 1.54) is 0 Å². The summed E-state index contributed by atoms with van der Waals surface area (Å²) in [7, 11) is 0. The van der Waals surface area contributed by atoms with Gasteiger partial charge in [0.05, 0.1) is 21.8 Å². The molecular weight excluding hydrogens is 449 g/mol. The van der Waals surface area contributed by atoms with Crippen molar-refractivity contribution >= 4 is 52.1 Å². The summed E-state index contributed by atoms with van der Waals surface area (Å²) in [5.41, 5.74) is 13.1. The number of nitrogen functional groups attached to an aromatic ring is 1. The van der Waals surface area contributed by atoms with Crippen molar-refractivity contribution in [3.05, 3.63) is 82.2 Å². The number of nitrogens with one attached hydrogen (secondary N) is 3. The number of rotatable bonds is 5. The molecule has 0 saturated carbocycles. The van der Waals surface area contributed by atoms with Crippen molar-refractivity contribution in [2.45, 2.75) is 13.0 Å². The van der Waals surface area contributed by atoms with Crippen LogP contribution in [0.4, 0.5) is 22.1 Å². The van der Waals surface area contributed by atoms with E-state index in [9.17, 15) is 4.79 Å². The third-order valence-corrected chi connectivity index (χ3v) is 5.60. The molecule has 0 saturated heterocycles. The van der Waals surface area contributed by atoms with Gasteiger partial charge < -0.3 is 21.4 Å². The Morgan fingerprint density at radius 3 is 2.62 bits per heavy atom. The number of halogens is 2. The number of hydrogen-bond donors (Lipinski definition) is 4. The van der Waals surface area contributed by atoms with E-state index in [-0.39, 0.29) is 12.0 Å². The quantitative estimate of drug-likeness (QED) is 0.421. The molecule has 0 aliphatic carbocycles. The number of amides is 2. The van der Waals surface area contributed by atoms with Crippen LogP contribution in [-0.4, -0.2) is 27.6 Å². The van der Waals surface area contributed by atoms with Crippen LogP contribution in [-0.2, 0) is 0 Å². The number of carbonyl (C=O) groups is 1. The molecule has 3 aromatic rings. The molecule has 4 rings (SSSR count). The van der Waals surface area contributed by atoms with Gasteiger partial charge in [-0.05, 0) is 48.9 Å². The molecule has 1 atom stereocenters. The van der Waals surface area contributed by atoms with Crippen molar-refractivity contribution in [3.63, 3.8) is 0 Å². The SMILES string of the molecule is CCN1C=C(c2cccc(NC(=O)Nc3ccc(Cl)c(Cl)c3)c2)C(c2ccnc(N)n2)N1. The Bertz CT molecular complexity index is 1180. The molecule has 164 valence electrons. The summed E-state index contributed by atoms with van der Waals surface area (Å²) in [6.45, 7) is 2.81. The van der Waals surface area contributed by atoms with Gasteiger partial charge in [0.15, 0.2) is 0 Å². The molecule has 2 heterocycles. The predicted molar refractivity (Wildman–Crippen MR) is 128 cm³/mol. The average molecular weight is 470 g/mol. The van der Waals surface area contributed by atoms with Crippen molar-refractivity contribution in [3.8, 4) is 0 Å². The Hall–Kier alpha value is -3.33. The molecule has 1 unspecified atom stereocenters. The minimum Gasteiger partial charge on any atom is -0.368 e. The molecule has 32 heavy (non-hydrogen) atoms. The van der Waals surface area contributed by atoms with Gasteiger partial charge in [-0.1, -0.05) is 35.3 Å². The third kappa shape index (κ3) is 4.94. The molecule has 0 spiro atoms. The van der Waals surface area contributed by atoms with Crippen LogP contribution in [0, 0.1) is 0 Å². The molecule has 0 radical (unpaired) electrons. The topological polar surface area (TPSA) is 108 Å². The number of carbonyl (C=O) groups excluding carboxylic acids is 1. The number of nitrogens with zero attached hydrogens (tertiary/aromatic N) is 3. The van der Waals surface area contributed by atoms with Crippen LogP contribution in [0.5, 0.6) is 0 Å². The zero-order valence-corrected chi connectivity index (χ0v) is 18.7. The Morgan fingerprint density at radius 1 is 1.12 bits per heavy atom. The van der Waals surface area contributed by atoms with Gasteiger partial charge in [-0.15, -0.1) is 0 Å². The van der Waals surface area contributed by atoms with Crippen molar-refractivity contribution in [1.82, 2.24) is 20.4 Å². The van der Waals surface area contributed by atoms with Gasteiger partial charge in [0.25, 0.3) is 0 Å². The second kappa shape index (κ2) is 9.44. The van der Waals surface area contributed by atoms with Gasteiger partial charge in [0, 0.05) is 35.9 Å².